The van der Waals surface area contributed by atoms with Crippen molar-refractivity contribution in [2.75, 3.05) is 6.54 Å². The minimum absolute atomic E-state index is 0.324. The molecule has 0 spiro atoms. The highest BCUT2D eigenvalue weighted by molar-refractivity contribution is 9.10. The van der Waals surface area contributed by atoms with Gasteiger partial charge in [-0.15, -0.1) is 0 Å². The van der Waals surface area contributed by atoms with Crippen LogP contribution < -0.4 is 4.80 Å². The van der Waals surface area contributed by atoms with E-state index in [2.05, 4.69) is 20.9 Å². The molecule has 0 unspecified atom stereocenters. The second-order valence-corrected chi connectivity index (χ2v) is 7.83. The van der Waals surface area contributed by atoms with Gasteiger partial charge in [0.1, 0.15) is 6.54 Å². The number of thiazole rings is 1. The lowest BCUT2D eigenvalue weighted by Gasteiger charge is -2.10. The van der Waals surface area contributed by atoms with Gasteiger partial charge < -0.3 is 4.57 Å². The van der Waals surface area contributed by atoms with Gasteiger partial charge in [0.15, 0.2) is 4.80 Å². The zero-order valence-corrected chi connectivity index (χ0v) is 16.7. The zero-order chi connectivity index (χ0) is 19.1. The number of imide groups is 1. The number of hydrogen-bond donors (Lipinski definition) is 0. The fraction of sp³-hybridized carbons (Fsp3) is 0.158. The lowest BCUT2D eigenvalue weighted by molar-refractivity contribution is -0.118. The van der Waals surface area contributed by atoms with Crippen LogP contribution in [0.15, 0.2) is 51.9 Å². The molecule has 0 atom stereocenters. The number of halogens is 1. The average molecular weight is 444 g/mol. The van der Waals surface area contributed by atoms with Crippen molar-refractivity contribution in [3.8, 4) is 0 Å². The normalized spacial score (nSPS) is 14.3. The first-order chi connectivity index (χ1) is 13.0. The average Bonchev–Trinajstić information content (AvgIpc) is 3.13. The van der Waals surface area contributed by atoms with Gasteiger partial charge in [0.25, 0.3) is 17.7 Å². The Labute approximate surface area is 166 Å². The lowest BCUT2D eigenvalue weighted by atomic mass is 10.1. The van der Waals surface area contributed by atoms with E-state index < -0.39 is 17.7 Å². The molecule has 0 saturated heterocycles. The van der Waals surface area contributed by atoms with Gasteiger partial charge >= 0.3 is 0 Å². The van der Waals surface area contributed by atoms with Crippen LogP contribution in [0.5, 0.6) is 0 Å². The second-order valence-electron chi connectivity index (χ2n) is 5.96. The minimum atomic E-state index is -0.533. The summed E-state index contributed by atoms with van der Waals surface area (Å²) in [6, 6.07) is 12.4. The van der Waals surface area contributed by atoms with Gasteiger partial charge in [-0.3, -0.25) is 19.3 Å². The number of aryl methyl sites for hydroxylation is 1. The summed E-state index contributed by atoms with van der Waals surface area (Å²) in [7, 11) is 0. The van der Waals surface area contributed by atoms with E-state index in [-0.39, 0.29) is 6.54 Å². The number of benzene rings is 2. The summed E-state index contributed by atoms with van der Waals surface area (Å²) in [5.41, 5.74) is 1.62. The number of aromatic nitrogens is 1. The predicted octanol–water partition coefficient (Wildman–Crippen LogP) is 3.21. The maximum Gasteiger partial charge on any atom is 0.268 e. The van der Waals surface area contributed by atoms with Crippen LogP contribution in [0, 0.1) is 0 Å². The van der Waals surface area contributed by atoms with Gasteiger partial charge in [0, 0.05) is 11.0 Å². The number of hydrogen-bond acceptors (Lipinski definition) is 4. The van der Waals surface area contributed by atoms with E-state index in [1.165, 1.54) is 11.3 Å². The SMILES string of the molecule is CCn1c(=NC(=O)CN2C(=O)c3ccccc3C2=O)sc2cccc(Br)c21. The molecule has 1 aliphatic heterocycles. The summed E-state index contributed by atoms with van der Waals surface area (Å²) >= 11 is 4.93. The van der Waals surface area contributed by atoms with Crippen LogP contribution in [0.2, 0.25) is 0 Å². The van der Waals surface area contributed by atoms with E-state index in [0.717, 1.165) is 19.6 Å². The second kappa shape index (κ2) is 6.86. The van der Waals surface area contributed by atoms with Crippen LogP contribution in [0.3, 0.4) is 0 Å². The Morgan fingerprint density at radius 1 is 1.07 bits per heavy atom. The topological polar surface area (TPSA) is 71.7 Å². The Hall–Kier alpha value is -2.58. The summed E-state index contributed by atoms with van der Waals surface area (Å²) in [5, 5.41) is 0. The highest BCUT2D eigenvalue weighted by Crippen LogP contribution is 2.26. The van der Waals surface area contributed by atoms with Crippen molar-refractivity contribution in [3.05, 3.63) is 62.9 Å². The third-order valence-electron chi connectivity index (χ3n) is 4.36. The summed E-state index contributed by atoms with van der Waals surface area (Å²) in [5.74, 6) is -1.45. The van der Waals surface area contributed by atoms with Crippen LogP contribution in [-0.2, 0) is 11.3 Å². The zero-order valence-electron chi connectivity index (χ0n) is 14.3. The summed E-state index contributed by atoms with van der Waals surface area (Å²) in [4.78, 5) is 43.0. The largest absolute Gasteiger partial charge is 0.316 e. The molecule has 8 heteroatoms. The number of para-hydroxylation sites is 1. The van der Waals surface area contributed by atoms with E-state index in [1.54, 1.807) is 24.3 Å². The quantitative estimate of drug-likeness (QED) is 0.583. The standard InChI is InChI=1S/C19H14BrN3O3S/c1-2-22-16-13(20)8-5-9-14(16)27-19(22)21-15(24)10-23-17(25)11-6-3-4-7-12(11)18(23)26/h3-9H,2,10H2,1H3. The van der Waals surface area contributed by atoms with Crippen molar-refractivity contribution >= 4 is 55.2 Å². The molecule has 4 rings (SSSR count). The predicted molar refractivity (Wildman–Crippen MR) is 106 cm³/mol. The van der Waals surface area contributed by atoms with Crippen LogP contribution in [0.4, 0.5) is 0 Å². The van der Waals surface area contributed by atoms with Crippen molar-refractivity contribution in [2.45, 2.75) is 13.5 Å². The van der Waals surface area contributed by atoms with Gasteiger partial charge in [-0.1, -0.05) is 29.5 Å². The molecule has 136 valence electrons. The summed E-state index contributed by atoms with van der Waals surface area (Å²) in [6.45, 7) is 2.24. The fourth-order valence-electron chi connectivity index (χ4n) is 3.13. The van der Waals surface area contributed by atoms with Crippen molar-refractivity contribution < 1.29 is 14.4 Å². The Bertz CT molecular complexity index is 1140. The molecule has 0 fully saturated rings. The van der Waals surface area contributed by atoms with Gasteiger partial charge in [0.05, 0.1) is 21.3 Å². The van der Waals surface area contributed by atoms with E-state index in [1.807, 2.05) is 29.7 Å². The van der Waals surface area contributed by atoms with Crippen molar-refractivity contribution in [1.29, 1.82) is 0 Å². The molecule has 0 saturated carbocycles. The Kier molecular flexibility index (Phi) is 4.53. The first-order valence-corrected chi connectivity index (χ1v) is 9.93. The molecule has 6 nitrogen and oxygen atoms in total. The van der Waals surface area contributed by atoms with E-state index in [0.29, 0.717) is 22.5 Å². The molecular weight excluding hydrogens is 430 g/mol. The number of nitrogens with zero attached hydrogens (tertiary/aromatic N) is 3. The van der Waals surface area contributed by atoms with Crippen LogP contribution in [0.25, 0.3) is 10.2 Å². The monoisotopic (exact) mass is 443 g/mol. The maximum absolute atomic E-state index is 12.5. The Morgan fingerprint density at radius 2 is 1.74 bits per heavy atom. The van der Waals surface area contributed by atoms with Crippen LogP contribution in [0.1, 0.15) is 27.6 Å². The number of rotatable bonds is 3. The molecule has 2 aromatic carbocycles. The highest BCUT2D eigenvalue weighted by Gasteiger charge is 2.36. The molecule has 1 aromatic heterocycles. The first-order valence-electron chi connectivity index (χ1n) is 8.32. The van der Waals surface area contributed by atoms with Crippen molar-refractivity contribution in [2.24, 2.45) is 4.99 Å². The van der Waals surface area contributed by atoms with Crippen LogP contribution in [-0.4, -0.2) is 33.7 Å². The Morgan fingerprint density at radius 3 is 2.37 bits per heavy atom. The Balaban J connectivity index is 1.68. The number of carbonyl (C=O) groups excluding carboxylic acids is 3. The molecule has 1 aliphatic rings. The van der Waals surface area contributed by atoms with E-state index >= 15 is 0 Å². The molecule has 27 heavy (non-hydrogen) atoms. The van der Waals surface area contributed by atoms with Crippen LogP contribution >= 0.6 is 27.3 Å². The smallest absolute Gasteiger partial charge is 0.268 e. The van der Waals surface area contributed by atoms with Gasteiger partial charge in [0.2, 0.25) is 0 Å². The molecule has 0 bridgehead atoms. The number of fused-ring (bicyclic) bond motifs is 2. The number of amides is 3. The molecule has 0 N–H and O–H groups in total. The number of carbonyl (C=O) groups is 3. The molecular formula is C19H14BrN3O3S. The summed E-state index contributed by atoms with van der Waals surface area (Å²) < 4.78 is 3.86. The molecule has 3 amide bonds. The van der Waals surface area contributed by atoms with Crippen molar-refractivity contribution in [1.82, 2.24) is 9.47 Å². The lowest BCUT2D eigenvalue weighted by Crippen LogP contribution is -2.35. The molecule has 0 radical (unpaired) electrons. The minimum Gasteiger partial charge on any atom is -0.316 e. The molecule has 0 aliphatic carbocycles. The highest BCUT2D eigenvalue weighted by atomic mass is 79.9. The maximum atomic E-state index is 12.5. The summed E-state index contributed by atoms with van der Waals surface area (Å²) in [6.07, 6.45) is 0. The fourth-order valence-corrected chi connectivity index (χ4v) is 4.98. The first kappa shape index (κ1) is 17.8. The van der Waals surface area contributed by atoms with Gasteiger partial charge in [-0.25, -0.2) is 0 Å². The van der Waals surface area contributed by atoms with Gasteiger partial charge in [-0.05, 0) is 47.1 Å². The van der Waals surface area contributed by atoms with Gasteiger partial charge in [-0.2, -0.15) is 4.99 Å². The third-order valence-corrected chi connectivity index (χ3v) is 6.04. The van der Waals surface area contributed by atoms with E-state index in [4.69, 9.17) is 0 Å². The van der Waals surface area contributed by atoms with Crippen molar-refractivity contribution in [3.63, 3.8) is 0 Å². The molecule has 2 heterocycles. The van der Waals surface area contributed by atoms with E-state index in [9.17, 15) is 14.4 Å². The third kappa shape index (κ3) is 2.94. The molecule has 3 aromatic rings.